The predicted octanol–water partition coefficient (Wildman–Crippen LogP) is 1.36. The van der Waals surface area contributed by atoms with Crippen molar-refractivity contribution in [1.29, 1.82) is 0 Å². The van der Waals surface area contributed by atoms with Crippen LogP contribution in [0.5, 0.6) is 0 Å². The van der Waals surface area contributed by atoms with Gasteiger partial charge in [0.1, 0.15) is 0 Å². The van der Waals surface area contributed by atoms with Gasteiger partial charge in [-0.1, -0.05) is 0 Å². The second-order valence-electron chi connectivity index (χ2n) is 5.41. The molecule has 0 aromatic heterocycles. The number of aliphatic imine (C=N–C) groups is 2. The SMILES string of the molecule is CC1=NC2C=C3N=CC(C)N(C)C3=CC2NC1C. The molecule has 0 aromatic rings. The lowest BCUT2D eigenvalue weighted by molar-refractivity contribution is 0.377. The van der Waals surface area contributed by atoms with Gasteiger partial charge in [0.15, 0.2) is 0 Å². The smallest absolute Gasteiger partial charge is 0.0894 e. The molecular formula is C14H20N4. The molecule has 4 nitrogen and oxygen atoms in total. The van der Waals surface area contributed by atoms with Gasteiger partial charge in [-0.2, -0.15) is 0 Å². The molecule has 0 fully saturated rings. The van der Waals surface area contributed by atoms with Gasteiger partial charge in [-0.15, -0.1) is 0 Å². The summed E-state index contributed by atoms with van der Waals surface area (Å²) in [4.78, 5) is 11.6. The van der Waals surface area contributed by atoms with Gasteiger partial charge in [-0.25, -0.2) is 0 Å². The lowest BCUT2D eigenvalue weighted by atomic mass is 9.94. The van der Waals surface area contributed by atoms with Crippen molar-refractivity contribution in [2.75, 3.05) is 7.05 Å². The summed E-state index contributed by atoms with van der Waals surface area (Å²) in [5, 5.41) is 3.61. The van der Waals surface area contributed by atoms with Crippen molar-refractivity contribution in [3.05, 3.63) is 23.5 Å². The van der Waals surface area contributed by atoms with Crippen molar-refractivity contribution in [3.8, 4) is 0 Å². The van der Waals surface area contributed by atoms with Crippen molar-refractivity contribution in [3.63, 3.8) is 0 Å². The van der Waals surface area contributed by atoms with E-state index in [1.807, 2.05) is 6.21 Å². The summed E-state index contributed by atoms with van der Waals surface area (Å²) in [6, 6.07) is 1.20. The number of nitrogens with zero attached hydrogens (tertiary/aromatic N) is 3. The lowest BCUT2D eigenvalue weighted by Gasteiger charge is -2.38. The first kappa shape index (κ1) is 11.7. The van der Waals surface area contributed by atoms with E-state index in [2.05, 4.69) is 55.2 Å². The third kappa shape index (κ3) is 1.72. The van der Waals surface area contributed by atoms with E-state index in [9.17, 15) is 0 Å². The van der Waals surface area contributed by atoms with E-state index in [1.54, 1.807) is 0 Å². The quantitative estimate of drug-likeness (QED) is 0.699. The second-order valence-corrected chi connectivity index (χ2v) is 5.41. The average molecular weight is 244 g/mol. The first-order chi connectivity index (χ1) is 8.56. The largest absolute Gasteiger partial charge is 0.365 e. The number of hydrogen-bond donors (Lipinski definition) is 1. The van der Waals surface area contributed by atoms with E-state index >= 15 is 0 Å². The summed E-state index contributed by atoms with van der Waals surface area (Å²) < 4.78 is 0. The topological polar surface area (TPSA) is 40.0 Å². The number of hydrogen-bond acceptors (Lipinski definition) is 4. The van der Waals surface area contributed by atoms with E-state index in [-0.39, 0.29) is 6.04 Å². The number of likely N-dealkylation sites (N-methyl/N-ethyl adjacent to an activating group) is 1. The van der Waals surface area contributed by atoms with Crippen LogP contribution < -0.4 is 5.32 Å². The molecule has 4 atom stereocenters. The van der Waals surface area contributed by atoms with Crippen LogP contribution >= 0.6 is 0 Å². The van der Waals surface area contributed by atoms with Gasteiger partial charge in [-0.3, -0.25) is 9.98 Å². The van der Waals surface area contributed by atoms with E-state index < -0.39 is 0 Å². The van der Waals surface area contributed by atoms with Crippen molar-refractivity contribution < 1.29 is 0 Å². The third-order valence-electron chi connectivity index (χ3n) is 4.14. The Morgan fingerprint density at radius 3 is 2.83 bits per heavy atom. The molecule has 2 aliphatic heterocycles. The Bertz CT molecular complexity index is 486. The number of fused-ring (bicyclic) bond motifs is 2. The minimum Gasteiger partial charge on any atom is -0.365 e. The Balaban J connectivity index is 2.00. The Hall–Kier alpha value is -1.42. The monoisotopic (exact) mass is 244 g/mol. The van der Waals surface area contributed by atoms with Gasteiger partial charge >= 0.3 is 0 Å². The van der Waals surface area contributed by atoms with Crippen LogP contribution in [-0.4, -0.2) is 48.0 Å². The van der Waals surface area contributed by atoms with Crippen LogP contribution in [0.4, 0.5) is 0 Å². The molecule has 4 heteroatoms. The average Bonchev–Trinajstić information content (AvgIpc) is 2.34. The highest BCUT2D eigenvalue weighted by Crippen LogP contribution is 2.29. The molecule has 0 amide bonds. The molecule has 0 saturated carbocycles. The minimum atomic E-state index is 0.193. The predicted molar refractivity (Wildman–Crippen MR) is 75.2 cm³/mol. The summed E-state index contributed by atoms with van der Waals surface area (Å²) in [5.74, 6) is 0. The maximum atomic E-state index is 4.76. The Morgan fingerprint density at radius 2 is 2.06 bits per heavy atom. The summed E-state index contributed by atoms with van der Waals surface area (Å²) >= 11 is 0. The molecular weight excluding hydrogens is 224 g/mol. The van der Waals surface area contributed by atoms with E-state index in [1.165, 1.54) is 11.4 Å². The maximum absolute atomic E-state index is 4.76. The van der Waals surface area contributed by atoms with Gasteiger partial charge in [-0.05, 0) is 32.9 Å². The number of nitrogens with one attached hydrogen (secondary N) is 1. The zero-order chi connectivity index (χ0) is 12.9. The zero-order valence-corrected chi connectivity index (χ0v) is 11.4. The van der Waals surface area contributed by atoms with Crippen molar-refractivity contribution in [2.45, 2.75) is 44.9 Å². The number of rotatable bonds is 0. The van der Waals surface area contributed by atoms with Crippen LogP contribution in [0.15, 0.2) is 33.5 Å². The molecule has 1 aliphatic carbocycles. The summed E-state index contributed by atoms with van der Waals surface area (Å²) in [5.41, 5.74) is 3.46. The van der Waals surface area contributed by atoms with Crippen LogP contribution in [0, 0.1) is 0 Å². The molecule has 3 aliphatic rings. The fourth-order valence-corrected chi connectivity index (χ4v) is 2.64. The normalized spacial score (nSPS) is 38.4. The molecule has 0 spiro atoms. The van der Waals surface area contributed by atoms with Crippen molar-refractivity contribution >= 4 is 11.9 Å². The first-order valence-corrected chi connectivity index (χ1v) is 6.57. The third-order valence-corrected chi connectivity index (χ3v) is 4.14. The second kappa shape index (κ2) is 4.05. The summed E-state index contributed by atoms with van der Waals surface area (Å²) in [7, 11) is 2.12. The van der Waals surface area contributed by atoms with Crippen LogP contribution in [0.3, 0.4) is 0 Å². The molecule has 18 heavy (non-hydrogen) atoms. The van der Waals surface area contributed by atoms with E-state index in [0.717, 1.165) is 5.70 Å². The van der Waals surface area contributed by atoms with Crippen LogP contribution in [0.2, 0.25) is 0 Å². The molecule has 2 heterocycles. The van der Waals surface area contributed by atoms with Crippen molar-refractivity contribution in [2.24, 2.45) is 9.98 Å². The Morgan fingerprint density at radius 1 is 1.28 bits per heavy atom. The highest BCUT2D eigenvalue weighted by Gasteiger charge is 2.32. The highest BCUT2D eigenvalue weighted by molar-refractivity contribution is 5.88. The van der Waals surface area contributed by atoms with Crippen molar-refractivity contribution in [1.82, 2.24) is 10.2 Å². The maximum Gasteiger partial charge on any atom is 0.0894 e. The highest BCUT2D eigenvalue weighted by atomic mass is 15.2. The zero-order valence-electron chi connectivity index (χ0n) is 11.4. The fraction of sp³-hybridized carbons (Fsp3) is 0.571. The van der Waals surface area contributed by atoms with Gasteiger partial charge in [0.25, 0.3) is 0 Å². The van der Waals surface area contributed by atoms with Crippen LogP contribution in [-0.2, 0) is 0 Å². The van der Waals surface area contributed by atoms with Gasteiger partial charge in [0.2, 0.25) is 0 Å². The van der Waals surface area contributed by atoms with Crippen LogP contribution in [0.25, 0.3) is 0 Å². The molecule has 0 radical (unpaired) electrons. The molecule has 1 N–H and O–H groups in total. The molecule has 0 bridgehead atoms. The van der Waals surface area contributed by atoms with Crippen LogP contribution in [0.1, 0.15) is 20.8 Å². The van der Waals surface area contributed by atoms with E-state index in [4.69, 9.17) is 4.99 Å². The Kier molecular flexibility index (Phi) is 2.63. The summed E-state index contributed by atoms with van der Waals surface area (Å²) in [6.45, 7) is 6.41. The molecule has 4 unspecified atom stereocenters. The van der Waals surface area contributed by atoms with Gasteiger partial charge < -0.3 is 10.2 Å². The molecule has 0 aromatic carbocycles. The fourth-order valence-electron chi connectivity index (χ4n) is 2.64. The standard InChI is InChI=1S/C14H20N4/c1-8-7-15-13-5-11-12(6-14(13)18(8)4)17-10(3)9(2)16-11/h5-8,10-12,17H,1-4H3. The van der Waals surface area contributed by atoms with E-state index in [0.29, 0.717) is 18.1 Å². The van der Waals surface area contributed by atoms with Gasteiger partial charge in [0, 0.05) is 25.0 Å². The Labute approximate surface area is 108 Å². The molecule has 3 rings (SSSR count). The summed E-state index contributed by atoms with van der Waals surface area (Å²) in [6.07, 6.45) is 6.46. The molecule has 0 saturated heterocycles. The lowest BCUT2D eigenvalue weighted by Crippen LogP contribution is -2.51. The van der Waals surface area contributed by atoms with Gasteiger partial charge in [0.05, 0.1) is 29.5 Å². The minimum absolute atomic E-state index is 0.193. The molecule has 96 valence electrons. The first-order valence-electron chi connectivity index (χ1n) is 6.57.